The lowest BCUT2D eigenvalue weighted by atomic mass is 9.97. The molecule has 0 aliphatic heterocycles. The Bertz CT molecular complexity index is 3640. The van der Waals surface area contributed by atoms with E-state index in [1.54, 1.807) is 0 Å². The SMILES string of the molecule is O=c1c2c3cc(-c4ccc5c(c4)c4ccccc4n5-c4ccccc4)ccc3n(-c3ccccc3)c2c2ccccc2n1-c1cc(-c2ccccc2)cc(-c2ccccc2)c1. The molecule has 4 nitrogen and oxygen atoms in total. The highest BCUT2D eigenvalue weighted by atomic mass is 16.1. The normalized spacial score (nSPS) is 11.7. The van der Waals surface area contributed by atoms with Gasteiger partial charge in [0.05, 0.1) is 38.7 Å². The maximum Gasteiger partial charge on any atom is 0.265 e. The van der Waals surface area contributed by atoms with Crippen molar-refractivity contribution in [3.63, 3.8) is 0 Å². The maximum atomic E-state index is 15.8. The Hall–Kier alpha value is -8.21. The fourth-order valence-corrected chi connectivity index (χ4v) is 9.48. The van der Waals surface area contributed by atoms with Crippen LogP contribution in [0.15, 0.2) is 229 Å². The lowest BCUT2D eigenvalue weighted by Gasteiger charge is -2.16. The molecule has 0 saturated carbocycles. The van der Waals surface area contributed by atoms with Gasteiger partial charge in [0.25, 0.3) is 5.56 Å². The van der Waals surface area contributed by atoms with Gasteiger partial charge in [0, 0.05) is 32.9 Å². The molecular weight excluding hydrogens is 743 g/mol. The summed E-state index contributed by atoms with van der Waals surface area (Å²) in [6.45, 7) is 0. The Labute approximate surface area is 352 Å². The summed E-state index contributed by atoms with van der Waals surface area (Å²) in [5.41, 5.74) is 14.4. The molecule has 0 atom stereocenters. The van der Waals surface area contributed by atoms with Crippen molar-refractivity contribution >= 4 is 54.5 Å². The van der Waals surface area contributed by atoms with E-state index in [0.717, 1.165) is 83.3 Å². The highest BCUT2D eigenvalue weighted by Gasteiger charge is 2.23. The Morgan fingerprint density at radius 2 is 0.705 bits per heavy atom. The first-order valence-corrected chi connectivity index (χ1v) is 20.7. The van der Waals surface area contributed by atoms with Crippen molar-refractivity contribution in [1.29, 1.82) is 0 Å². The number of rotatable bonds is 6. The number of pyridine rings is 1. The molecule has 0 aliphatic rings. The fourth-order valence-electron chi connectivity index (χ4n) is 9.48. The standard InChI is InChI=1S/C57H37N3O/c61-57-55-50-37-41(40-29-31-53-49(36-40)47-25-13-15-27-51(47)58(53)44-21-9-3-10-22-44)30-32-54(50)59(45-23-11-4-12-24-45)56(55)48-26-14-16-28-52(48)60(57)46-34-42(38-17-5-1-6-18-38)33-43(35-46)39-19-7-2-8-20-39/h1-37H. The minimum absolute atomic E-state index is 0.0591. The third-order valence-corrected chi connectivity index (χ3v) is 12.2. The minimum atomic E-state index is -0.0591. The lowest BCUT2D eigenvalue weighted by Crippen LogP contribution is -2.19. The molecule has 3 heterocycles. The number of hydrogen-bond acceptors (Lipinski definition) is 1. The zero-order valence-corrected chi connectivity index (χ0v) is 33.1. The second-order valence-electron chi connectivity index (χ2n) is 15.7. The quantitative estimate of drug-likeness (QED) is 0.165. The Morgan fingerprint density at radius 3 is 1.30 bits per heavy atom. The van der Waals surface area contributed by atoms with Crippen LogP contribution in [0.25, 0.3) is 105 Å². The van der Waals surface area contributed by atoms with Gasteiger partial charge in [-0.15, -0.1) is 0 Å². The van der Waals surface area contributed by atoms with Gasteiger partial charge in [0.15, 0.2) is 0 Å². The van der Waals surface area contributed by atoms with E-state index in [-0.39, 0.29) is 5.56 Å². The molecule has 0 bridgehead atoms. The summed E-state index contributed by atoms with van der Waals surface area (Å²) >= 11 is 0. The summed E-state index contributed by atoms with van der Waals surface area (Å²) in [6, 6.07) is 78.7. The van der Waals surface area contributed by atoms with Crippen LogP contribution in [0.3, 0.4) is 0 Å². The number of benzene rings is 9. The van der Waals surface area contributed by atoms with Crippen molar-refractivity contribution in [3.05, 3.63) is 235 Å². The lowest BCUT2D eigenvalue weighted by molar-refractivity contribution is 1.06. The molecule has 0 aliphatic carbocycles. The summed E-state index contributed by atoms with van der Waals surface area (Å²) in [7, 11) is 0. The molecule has 0 spiro atoms. The summed E-state index contributed by atoms with van der Waals surface area (Å²) in [6.07, 6.45) is 0. The van der Waals surface area contributed by atoms with Gasteiger partial charge in [0.2, 0.25) is 0 Å². The third kappa shape index (κ3) is 5.57. The van der Waals surface area contributed by atoms with Gasteiger partial charge < -0.3 is 9.13 Å². The molecule has 61 heavy (non-hydrogen) atoms. The van der Waals surface area contributed by atoms with Gasteiger partial charge in [-0.25, -0.2) is 0 Å². The Kier molecular flexibility index (Phi) is 7.97. The zero-order chi connectivity index (χ0) is 40.4. The molecule has 9 aromatic carbocycles. The van der Waals surface area contributed by atoms with Gasteiger partial charge in [0.1, 0.15) is 0 Å². The van der Waals surface area contributed by atoms with Crippen LogP contribution >= 0.6 is 0 Å². The van der Waals surface area contributed by atoms with Crippen LogP contribution in [0, 0.1) is 0 Å². The zero-order valence-electron chi connectivity index (χ0n) is 33.1. The van der Waals surface area contributed by atoms with Gasteiger partial charge in [-0.1, -0.05) is 146 Å². The molecule has 0 unspecified atom stereocenters. The fraction of sp³-hybridized carbons (Fsp3) is 0. The second kappa shape index (κ2) is 14.0. The van der Waals surface area contributed by atoms with Crippen LogP contribution in [0.5, 0.6) is 0 Å². The Balaban J connectivity index is 1.15. The first-order chi connectivity index (χ1) is 30.2. The van der Waals surface area contributed by atoms with E-state index in [1.165, 1.54) is 16.3 Å². The monoisotopic (exact) mass is 779 g/mol. The summed E-state index contributed by atoms with van der Waals surface area (Å²) in [4.78, 5) is 15.8. The highest BCUT2D eigenvalue weighted by molar-refractivity contribution is 6.19. The molecule has 0 N–H and O–H groups in total. The predicted octanol–water partition coefficient (Wildman–Crippen LogP) is 14.2. The molecule has 12 rings (SSSR count). The van der Waals surface area contributed by atoms with Gasteiger partial charge >= 0.3 is 0 Å². The van der Waals surface area contributed by atoms with Crippen LogP contribution < -0.4 is 5.56 Å². The summed E-state index contributed by atoms with van der Waals surface area (Å²) < 4.78 is 6.55. The average Bonchev–Trinajstić information content (AvgIpc) is 3.86. The topological polar surface area (TPSA) is 31.9 Å². The number of aromatic nitrogens is 3. The van der Waals surface area contributed by atoms with E-state index in [9.17, 15) is 0 Å². The highest BCUT2D eigenvalue weighted by Crippen LogP contribution is 2.40. The first-order valence-electron chi connectivity index (χ1n) is 20.7. The van der Waals surface area contributed by atoms with E-state index < -0.39 is 0 Å². The molecular formula is C57H37N3O. The number of nitrogens with zero attached hydrogens (tertiary/aromatic N) is 3. The van der Waals surface area contributed by atoms with E-state index in [1.807, 2.05) is 28.8 Å². The van der Waals surface area contributed by atoms with E-state index in [4.69, 9.17) is 0 Å². The summed E-state index contributed by atoms with van der Waals surface area (Å²) in [5.74, 6) is 0. The third-order valence-electron chi connectivity index (χ3n) is 12.2. The number of para-hydroxylation sites is 4. The van der Waals surface area contributed by atoms with Crippen LogP contribution in [0.1, 0.15) is 0 Å². The van der Waals surface area contributed by atoms with Gasteiger partial charge in [-0.05, 0) is 112 Å². The molecule has 12 aromatic rings. The molecule has 3 aromatic heterocycles. The van der Waals surface area contributed by atoms with Crippen LogP contribution in [0.4, 0.5) is 0 Å². The molecule has 286 valence electrons. The molecule has 4 heteroatoms. The summed E-state index contributed by atoms with van der Waals surface area (Å²) in [5, 5.41) is 4.99. The van der Waals surface area contributed by atoms with Crippen molar-refractivity contribution in [3.8, 4) is 50.4 Å². The van der Waals surface area contributed by atoms with Crippen molar-refractivity contribution in [2.45, 2.75) is 0 Å². The van der Waals surface area contributed by atoms with E-state index in [2.05, 4.69) is 209 Å². The van der Waals surface area contributed by atoms with Crippen LogP contribution in [-0.2, 0) is 0 Å². The van der Waals surface area contributed by atoms with Gasteiger partial charge in [-0.2, -0.15) is 0 Å². The largest absolute Gasteiger partial charge is 0.309 e. The van der Waals surface area contributed by atoms with Crippen molar-refractivity contribution < 1.29 is 0 Å². The molecule has 0 fully saturated rings. The van der Waals surface area contributed by atoms with Crippen molar-refractivity contribution in [1.82, 2.24) is 13.7 Å². The smallest absolute Gasteiger partial charge is 0.265 e. The Morgan fingerprint density at radius 1 is 0.262 bits per heavy atom. The molecule has 0 radical (unpaired) electrons. The van der Waals surface area contributed by atoms with Gasteiger partial charge in [-0.3, -0.25) is 9.36 Å². The number of hydrogen-bond donors (Lipinski definition) is 0. The van der Waals surface area contributed by atoms with Crippen molar-refractivity contribution in [2.75, 3.05) is 0 Å². The van der Waals surface area contributed by atoms with E-state index >= 15 is 4.79 Å². The molecule has 0 saturated heterocycles. The molecule has 0 amide bonds. The van der Waals surface area contributed by atoms with E-state index in [0.29, 0.717) is 5.39 Å². The average molecular weight is 780 g/mol. The predicted molar refractivity (Wildman–Crippen MR) is 255 cm³/mol. The van der Waals surface area contributed by atoms with Crippen molar-refractivity contribution in [2.24, 2.45) is 0 Å². The van der Waals surface area contributed by atoms with Crippen LogP contribution in [-0.4, -0.2) is 13.7 Å². The minimum Gasteiger partial charge on any atom is -0.309 e. The van der Waals surface area contributed by atoms with Crippen LogP contribution in [0.2, 0.25) is 0 Å². The first kappa shape index (κ1) is 34.8. The number of fused-ring (bicyclic) bond motifs is 8. The second-order valence-corrected chi connectivity index (χ2v) is 15.7. The maximum absolute atomic E-state index is 15.8.